The summed E-state index contributed by atoms with van der Waals surface area (Å²) in [6.45, 7) is 0. The summed E-state index contributed by atoms with van der Waals surface area (Å²) in [5.41, 5.74) is 0.177. The second-order valence-corrected chi connectivity index (χ2v) is 4.78. The van der Waals surface area contributed by atoms with Gasteiger partial charge in [0.15, 0.2) is 0 Å². The Kier molecular flexibility index (Phi) is 4.41. The molecule has 1 aromatic heterocycles. The quantitative estimate of drug-likeness (QED) is 0.493. The molecular formula is C17H13N3O2. The second-order valence-electron chi connectivity index (χ2n) is 4.78. The van der Waals surface area contributed by atoms with Gasteiger partial charge in [-0.15, -0.1) is 0 Å². The molecule has 0 saturated heterocycles. The van der Waals surface area contributed by atoms with Gasteiger partial charge in [0.1, 0.15) is 23.3 Å². The third-order valence-corrected chi connectivity index (χ3v) is 2.96. The lowest BCUT2D eigenvalue weighted by molar-refractivity contribution is 0.557. The van der Waals surface area contributed by atoms with Crippen molar-refractivity contribution in [2.45, 2.75) is 0 Å². The Morgan fingerprint density at radius 2 is 1.91 bits per heavy atom. The van der Waals surface area contributed by atoms with Crippen LogP contribution in [0.5, 0.6) is 0 Å². The molecule has 0 unspecified atom stereocenters. The van der Waals surface area contributed by atoms with Crippen molar-refractivity contribution in [1.29, 1.82) is 10.5 Å². The van der Waals surface area contributed by atoms with Gasteiger partial charge in [0.05, 0.1) is 5.56 Å². The molecule has 5 nitrogen and oxygen atoms in total. The molecule has 108 valence electrons. The van der Waals surface area contributed by atoms with Gasteiger partial charge in [0.25, 0.3) is 0 Å². The first kappa shape index (κ1) is 15.1. The number of nitriles is 2. The Morgan fingerprint density at radius 3 is 2.55 bits per heavy atom. The van der Waals surface area contributed by atoms with E-state index in [1.54, 1.807) is 55.5 Å². The topological polar surface area (TPSA) is 81.0 Å². The van der Waals surface area contributed by atoms with Crippen LogP contribution >= 0.6 is 0 Å². The minimum Gasteiger partial charge on any atom is -0.422 e. The summed E-state index contributed by atoms with van der Waals surface area (Å²) in [4.78, 5) is 13.9. The molecule has 2 rings (SSSR count). The van der Waals surface area contributed by atoms with Gasteiger partial charge in [0, 0.05) is 25.1 Å². The standard InChI is InChI=1S/C17H13N3O2/c1-20(2)8-7-14(13(10-18)11-19)15-9-12-5-3-4-6-16(12)22-17(15)21/h3-9H,1-2H3. The van der Waals surface area contributed by atoms with Crippen LogP contribution in [-0.2, 0) is 0 Å². The molecule has 0 fully saturated rings. The molecule has 0 aliphatic rings. The van der Waals surface area contributed by atoms with Gasteiger partial charge in [-0.1, -0.05) is 18.2 Å². The van der Waals surface area contributed by atoms with Crippen molar-refractivity contribution in [1.82, 2.24) is 4.90 Å². The minimum absolute atomic E-state index is 0.138. The van der Waals surface area contributed by atoms with E-state index in [0.29, 0.717) is 5.58 Å². The summed E-state index contributed by atoms with van der Waals surface area (Å²) >= 11 is 0. The summed E-state index contributed by atoms with van der Waals surface area (Å²) < 4.78 is 5.26. The maximum absolute atomic E-state index is 12.2. The zero-order chi connectivity index (χ0) is 16.1. The van der Waals surface area contributed by atoms with Gasteiger partial charge in [-0.3, -0.25) is 0 Å². The fraction of sp³-hybridized carbons (Fsp3) is 0.118. The van der Waals surface area contributed by atoms with Crippen molar-refractivity contribution in [2.24, 2.45) is 0 Å². The van der Waals surface area contributed by atoms with E-state index in [2.05, 4.69) is 0 Å². The fourth-order valence-electron chi connectivity index (χ4n) is 1.93. The largest absolute Gasteiger partial charge is 0.422 e. The molecule has 0 atom stereocenters. The maximum Gasteiger partial charge on any atom is 0.344 e. The molecule has 0 radical (unpaired) electrons. The lowest BCUT2D eigenvalue weighted by atomic mass is 10.0. The SMILES string of the molecule is CN(C)C=CC(=C(C#N)C#N)c1cc2ccccc2oc1=O. The minimum atomic E-state index is -0.583. The van der Waals surface area contributed by atoms with Crippen LogP contribution in [-0.4, -0.2) is 19.0 Å². The third-order valence-electron chi connectivity index (χ3n) is 2.96. The van der Waals surface area contributed by atoms with Crippen LogP contribution in [0.1, 0.15) is 5.56 Å². The van der Waals surface area contributed by atoms with Crippen LogP contribution in [0.25, 0.3) is 16.5 Å². The van der Waals surface area contributed by atoms with Crippen LogP contribution in [0, 0.1) is 22.7 Å². The molecule has 22 heavy (non-hydrogen) atoms. The van der Waals surface area contributed by atoms with Crippen molar-refractivity contribution in [3.05, 3.63) is 64.2 Å². The number of para-hydroxylation sites is 1. The van der Waals surface area contributed by atoms with E-state index in [4.69, 9.17) is 14.9 Å². The van der Waals surface area contributed by atoms with E-state index in [1.165, 1.54) is 0 Å². The number of benzene rings is 1. The molecule has 0 aliphatic carbocycles. The first-order valence-corrected chi connectivity index (χ1v) is 6.49. The van der Waals surface area contributed by atoms with Crippen molar-refractivity contribution < 1.29 is 4.42 Å². The average molecular weight is 291 g/mol. The van der Waals surface area contributed by atoms with Gasteiger partial charge in [-0.05, 0) is 24.4 Å². The van der Waals surface area contributed by atoms with E-state index in [1.807, 2.05) is 18.2 Å². The molecule has 5 heteroatoms. The highest BCUT2D eigenvalue weighted by Gasteiger charge is 2.13. The highest BCUT2D eigenvalue weighted by molar-refractivity contribution is 5.86. The number of fused-ring (bicyclic) bond motifs is 1. The predicted molar refractivity (Wildman–Crippen MR) is 83.5 cm³/mol. The molecule has 2 aromatic rings. The van der Waals surface area contributed by atoms with Crippen molar-refractivity contribution in [2.75, 3.05) is 14.1 Å². The summed E-state index contributed by atoms with van der Waals surface area (Å²) in [5, 5.41) is 19.0. The van der Waals surface area contributed by atoms with Crippen molar-refractivity contribution in [3.8, 4) is 12.1 Å². The molecule has 1 heterocycles. The molecular weight excluding hydrogens is 278 g/mol. The van der Waals surface area contributed by atoms with Gasteiger partial charge < -0.3 is 9.32 Å². The normalized spacial score (nSPS) is 10.2. The average Bonchev–Trinajstić information content (AvgIpc) is 2.51. The highest BCUT2D eigenvalue weighted by atomic mass is 16.4. The van der Waals surface area contributed by atoms with Crippen molar-refractivity contribution in [3.63, 3.8) is 0 Å². The zero-order valence-electron chi connectivity index (χ0n) is 12.2. The lowest BCUT2D eigenvalue weighted by Gasteiger charge is -2.06. The predicted octanol–water partition coefficient (Wildman–Crippen LogP) is 2.67. The Labute approximate surface area is 127 Å². The first-order valence-electron chi connectivity index (χ1n) is 6.49. The summed E-state index contributed by atoms with van der Waals surface area (Å²) in [5.74, 6) is 0. The Morgan fingerprint density at radius 1 is 1.23 bits per heavy atom. The first-order chi connectivity index (χ1) is 10.6. The third kappa shape index (κ3) is 3.05. The molecule has 0 N–H and O–H groups in total. The number of allylic oxidation sites excluding steroid dienone is 3. The second kappa shape index (κ2) is 6.43. The summed E-state index contributed by atoms with van der Waals surface area (Å²) in [7, 11) is 3.60. The molecule has 0 bridgehead atoms. The van der Waals surface area contributed by atoms with E-state index in [-0.39, 0.29) is 16.7 Å². The van der Waals surface area contributed by atoms with E-state index >= 15 is 0 Å². The fourth-order valence-corrected chi connectivity index (χ4v) is 1.93. The molecule has 0 amide bonds. The van der Waals surface area contributed by atoms with Gasteiger partial charge in [-0.25, -0.2) is 4.79 Å². The Hall–Kier alpha value is -3.31. The van der Waals surface area contributed by atoms with E-state index < -0.39 is 5.63 Å². The number of rotatable bonds is 3. The van der Waals surface area contributed by atoms with Gasteiger partial charge >= 0.3 is 5.63 Å². The molecule has 1 aromatic carbocycles. The zero-order valence-corrected chi connectivity index (χ0v) is 12.2. The molecule has 0 aliphatic heterocycles. The smallest absolute Gasteiger partial charge is 0.344 e. The van der Waals surface area contributed by atoms with Crippen LogP contribution < -0.4 is 5.63 Å². The van der Waals surface area contributed by atoms with E-state index in [9.17, 15) is 4.79 Å². The summed E-state index contributed by atoms with van der Waals surface area (Å²) in [6, 6.07) is 12.3. The maximum atomic E-state index is 12.2. The van der Waals surface area contributed by atoms with E-state index in [0.717, 1.165) is 5.39 Å². The molecule has 0 saturated carbocycles. The number of nitrogens with zero attached hydrogens (tertiary/aromatic N) is 3. The Bertz CT molecular complexity index is 890. The van der Waals surface area contributed by atoms with Crippen LogP contribution in [0.2, 0.25) is 0 Å². The number of hydrogen-bond acceptors (Lipinski definition) is 5. The molecule has 0 spiro atoms. The lowest BCUT2D eigenvalue weighted by Crippen LogP contribution is -2.08. The van der Waals surface area contributed by atoms with Gasteiger partial charge in [0.2, 0.25) is 0 Å². The van der Waals surface area contributed by atoms with Crippen LogP contribution in [0.4, 0.5) is 0 Å². The number of hydrogen-bond donors (Lipinski definition) is 0. The highest BCUT2D eigenvalue weighted by Crippen LogP contribution is 2.21. The van der Waals surface area contributed by atoms with Crippen LogP contribution in [0.3, 0.4) is 0 Å². The van der Waals surface area contributed by atoms with Crippen molar-refractivity contribution >= 4 is 16.5 Å². The summed E-state index contributed by atoms with van der Waals surface area (Å²) in [6.07, 6.45) is 3.22. The van der Waals surface area contributed by atoms with Crippen LogP contribution in [0.15, 0.2) is 57.4 Å². The van der Waals surface area contributed by atoms with Gasteiger partial charge in [-0.2, -0.15) is 10.5 Å². The monoisotopic (exact) mass is 291 g/mol. The Balaban J connectivity index is 2.76.